The molecule has 1 unspecified atom stereocenters. The molecule has 1 aliphatic rings. The number of methoxy groups -OCH3 is 1. The number of nitrogens with one attached hydrogen (secondary N) is 1. The minimum atomic E-state index is 0.0304. The summed E-state index contributed by atoms with van der Waals surface area (Å²) in [5.74, 6) is 0.589. The van der Waals surface area contributed by atoms with Gasteiger partial charge in [-0.1, -0.05) is 20.3 Å². The lowest BCUT2D eigenvalue weighted by atomic mass is 9.81. The Hall–Kier alpha value is -2.02. The molecule has 1 fully saturated rings. The summed E-state index contributed by atoms with van der Waals surface area (Å²) in [7, 11) is 1.53. The van der Waals surface area contributed by atoms with Crippen LogP contribution >= 0.6 is 0 Å². The van der Waals surface area contributed by atoms with Gasteiger partial charge in [-0.05, 0) is 30.4 Å². The molecule has 0 saturated heterocycles. The average molecular weight is 272 g/mol. The van der Waals surface area contributed by atoms with E-state index in [0.29, 0.717) is 17.0 Å². The van der Waals surface area contributed by atoms with Crippen molar-refractivity contribution >= 4 is 11.6 Å². The van der Waals surface area contributed by atoms with Crippen molar-refractivity contribution in [3.63, 3.8) is 0 Å². The molecule has 1 aromatic carbocycles. The first-order valence-corrected chi connectivity index (χ1v) is 6.87. The van der Waals surface area contributed by atoms with Crippen molar-refractivity contribution < 1.29 is 9.53 Å². The number of anilines is 1. The predicted molar refractivity (Wildman–Crippen MR) is 77.5 cm³/mol. The highest BCUT2D eigenvalue weighted by atomic mass is 16.5. The van der Waals surface area contributed by atoms with Crippen LogP contribution in [0.1, 0.15) is 38.7 Å². The summed E-state index contributed by atoms with van der Waals surface area (Å²) >= 11 is 0. The van der Waals surface area contributed by atoms with Gasteiger partial charge in [-0.3, -0.25) is 4.79 Å². The van der Waals surface area contributed by atoms with Gasteiger partial charge in [0.25, 0.3) is 0 Å². The second-order valence-corrected chi connectivity index (χ2v) is 5.95. The van der Waals surface area contributed by atoms with Crippen molar-refractivity contribution in [2.24, 2.45) is 11.3 Å². The van der Waals surface area contributed by atoms with E-state index in [1.165, 1.54) is 7.11 Å². The molecule has 1 saturated carbocycles. The Balaban J connectivity index is 2.18. The van der Waals surface area contributed by atoms with E-state index >= 15 is 0 Å². The molecule has 0 aliphatic heterocycles. The quantitative estimate of drug-likeness (QED) is 0.918. The Morgan fingerprint density at radius 1 is 1.50 bits per heavy atom. The molecule has 1 N–H and O–H groups in total. The number of hydrogen-bond acceptors (Lipinski definition) is 3. The van der Waals surface area contributed by atoms with Crippen LogP contribution in [0.4, 0.5) is 5.69 Å². The van der Waals surface area contributed by atoms with E-state index in [-0.39, 0.29) is 17.2 Å². The first kappa shape index (κ1) is 14.4. The van der Waals surface area contributed by atoms with Crippen LogP contribution in [0, 0.1) is 22.7 Å². The first-order chi connectivity index (χ1) is 9.47. The van der Waals surface area contributed by atoms with Crippen molar-refractivity contribution in [2.75, 3.05) is 12.4 Å². The molecule has 1 amide bonds. The Bertz CT molecular complexity index is 558. The summed E-state index contributed by atoms with van der Waals surface area (Å²) in [4.78, 5) is 12.4. The van der Waals surface area contributed by atoms with Gasteiger partial charge in [0, 0.05) is 12.0 Å². The van der Waals surface area contributed by atoms with Crippen LogP contribution in [0.5, 0.6) is 5.75 Å². The zero-order valence-electron chi connectivity index (χ0n) is 12.2. The fourth-order valence-electron chi connectivity index (χ4n) is 2.90. The molecule has 4 heteroatoms. The molecule has 0 aromatic heterocycles. The molecule has 1 aromatic rings. The van der Waals surface area contributed by atoms with Crippen LogP contribution in [0.2, 0.25) is 0 Å². The Morgan fingerprint density at radius 3 is 2.80 bits per heavy atom. The first-order valence-electron chi connectivity index (χ1n) is 6.87. The van der Waals surface area contributed by atoms with E-state index < -0.39 is 0 Å². The standard InChI is InChI=1S/C16H20N2O2/c1-16(2)8-4-5-12(16)15(19)18-13-7-6-11(10-17)9-14(13)20-3/h6-7,9,12H,4-5,8H2,1-3H3,(H,18,19). The minimum Gasteiger partial charge on any atom is -0.495 e. The minimum absolute atomic E-state index is 0.0304. The van der Waals surface area contributed by atoms with Crippen LogP contribution in [-0.4, -0.2) is 13.0 Å². The summed E-state index contributed by atoms with van der Waals surface area (Å²) < 4.78 is 5.24. The summed E-state index contributed by atoms with van der Waals surface area (Å²) in [6.07, 6.45) is 3.10. The fraction of sp³-hybridized carbons (Fsp3) is 0.500. The largest absolute Gasteiger partial charge is 0.495 e. The van der Waals surface area contributed by atoms with E-state index in [1.807, 2.05) is 0 Å². The number of ether oxygens (including phenoxy) is 1. The van der Waals surface area contributed by atoms with E-state index in [9.17, 15) is 4.79 Å². The van der Waals surface area contributed by atoms with E-state index in [2.05, 4.69) is 25.2 Å². The number of hydrogen-bond donors (Lipinski definition) is 1. The van der Waals surface area contributed by atoms with Crippen LogP contribution in [0.25, 0.3) is 0 Å². The van der Waals surface area contributed by atoms with E-state index in [0.717, 1.165) is 19.3 Å². The molecule has 4 nitrogen and oxygen atoms in total. The molecular weight excluding hydrogens is 252 g/mol. The topological polar surface area (TPSA) is 62.1 Å². The Labute approximate surface area is 119 Å². The fourth-order valence-corrected chi connectivity index (χ4v) is 2.90. The normalized spacial score (nSPS) is 20.2. The van der Waals surface area contributed by atoms with Gasteiger partial charge < -0.3 is 10.1 Å². The van der Waals surface area contributed by atoms with E-state index in [4.69, 9.17) is 10.00 Å². The molecule has 106 valence electrons. The third-order valence-electron chi connectivity index (χ3n) is 4.16. The number of carbonyl (C=O) groups excluding carboxylic acids is 1. The molecule has 0 radical (unpaired) electrons. The number of nitriles is 1. The molecule has 2 rings (SSSR count). The predicted octanol–water partition coefficient (Wildman–Crippen LogP) is 3.33. The lowest BCUT2D eigenvalue weighted by molar-refractivity contribution is -0.122. The molecule has 0 heterocycles. The number of nitrogens with zero attached hydrogens (tertiary/aromatic N) is 1. The van der Waals surface area contributed by atoms with Gasteiger partial charge in [0.15, 0.2) is 0 Å². The van der Waals surface area contributed by atoms with Crippen LogP contribution in [0.15, 0.2) is 18.2 Å². The van der Waals surface area contributed by atoms with Crippen LogP contribution < -0.4 is 10.1 Å². The zero-order valence-corrected chi connectivity index (χ0v) is 12.2. The van der Waals surface area contributed by atoms with E-state index in [1.54, 1.807) is 18.2 Å². The average Bonchev–Trinajstić information content (AvgIpc) is 2.78. The van der Waals surface area contributed by atoms with Gasteiger partial charge >= 0.3 is 0 Å². The molecular formula is C16H20N2O2. The molecule has 0 spiro atoms. The number of rotatable bonds is 3. The molecule has 0 bridgehead atoms. The number of carbonyl (C=O) groups is 1. The van der Waals surface area contributed by atoms with Crippen LogP contribution in [-0.2, 0) is 4.79 Å². The van der Waals surface area contributed by atoms with Gasteiger partial charge in [-0.2, -0.15) is 5.26 Å². The number of amides is 1. The lowest BCUT2D eigenvalue weighted by Gasteiger charge is -2.26. The maximum atomic E-state index is 12.4. The lowest BCUT2D eigenvalue weighted by Crippen LogP contribution is -2.30. The third-order valence-corrected chi connectivity index (χ3v) is 4.16. The van der Waals surface area contributed by atoms with Gasteiger partial charge in [0.05, 0.1) is 24.4 Å². The molecule has 20 heavy (non-hydrogen) atoms. The summed E-state index contributed by atoms with van der Waals surface area (Å²) in [6, 6.07) is 7.09. The van der Waals surface area contributed by atoms with Gasteiger partial charge in [-0.25, -0.2) is 0 Å². The van der Waals surface area contributed by atoms with Crippen molar-refractivity contribution in [1.82, 2.24) is 0 Å². The maximum absolute atomic E-state index is 12.4. The second-order valence-electron chi connectivity index (χ2n) is 5.95. The highest BCUT2D eigenvalue weighted by Crippen LogP contribution is 2.43. The maximum Gasteiger partial charge on any atom is 0.228 e. The zero-order chi connectivity index (χ0) is 14.8. The van der Waals surface area contributed by atoms with Gasteiger partial charge in [-0.15, -0.1) is 0 Å². The van der Waals surface area contributed by atoms with Crippen LogP contribution in [0.3, 0.4) is 0 Å². The monoisotopic (exact) mass is 272 g/mol. The van der Waals surface area contributed by atoms with Crippen molar-refractivity contribution in [2.45, 2.75) is 33.1 Å². The van der Waals surface area contributed by atoms with Crippen molar-refractivity contribution in [1.29, 1.82) is 5.26 Å². The second kappa shape index (κ2) is 5.54. The molecule has 1 aliphatic carbocycles. The summed E-state index contributed by atoms with van der Waals surface area (Å²) in [5.41, 5.74) is 1.18. The van der Waals surface area contributed by atoms with Gasteiger partial charge in [0.2, 0.25) is 5.91 Å². The highest BCUT2D eigenvalue weighted by molar-refractivity contribution is 5.94. The van der Waals surface area contributed by atoms with Gasteiger partial charge in [0.1, 0.15) is 5.75 Å². The van der Waals surface area contributed by atoms with Crippen molar-refractivity contribution in [3.8, 4) is 11.8 Å². The van der Waals surface area contributed by atoms with Crippen molar-refractivity contribution in [3.05, 3.63) is 23.8 Å². The highest BCUT2D eigenvalue weighted by Gasteiger charge is 2.39. The molecule has 1 atom stereocenters. The summed E-state index contributed by atoms with van der Waals surface area (Å²) in [6.45, 7) is 4.28. The Kier molecular flexibility index (Phi) is 3.99. The Morgan fingerprint density at radius 2 is 2.25 bits per heavy atom. The third kappa shape index (κ3) is 2.77. The summed E-state index contributed by atoms with van der Waals surface area (Å²) in [5, 5.41) is 11.8. The number of benzene rings is 1. The smallest absolute Gasteiger partial charge is 0.228 e. The SMILES string of the molecule is COc1cc(C#N)ccc1NC(=O)C1CCCC1(C)C.